The number of rotatable bonds is 6. The Kier molecular flexibility index (Phi) is 6.45. The molecule has 0 spiro atoms. The number of carbonyl (C=O) groups excluding carboxylic acids is 1. The van der Waals surface area contributed by atoms with Gasteiger partial charge in [-0.05, 0) is 25.7 Å². The molecule has 0 aromatic carbocycles. The van der Waals surface area contributed by atoms with Crippen molar-refractivity contribution in [3.63, 3.8) is 0 Å². The molecular weight excluding hydrogens is 274 g/mol. The first-order valence-electron chi connectivity index (χ1n) is 7.94. The predicted molar refractivity (Wildman–Crippen MR) is 76.0 cm³/mol. The normalized spacial score (nSPS) is 27.2. The van der Waals surface area contributed by atoms with Crippen LogP contribution < -0.4 is 5.32 Å². The van der Waals surface area contributed by atoms with Gasteiger partial charge in [-0.3, -0.25) is 4.79 Å². The first-order chi connectivity index (χ1) is 10.2. The predicted octanol–water partition coefficient (Wildman–Crippen LogP) is 1.47. The van der Waals surface area contributed by atoms with E-state index in [-0.39, 0.29) is 5.91 Å². The highest BCUT2D eigenvalue weighted by atomic mass is 16.5. The van der Waals surface area contributed by atoms with E-state index in [1.807, 2.05) is 0 Å². The standard InChI is InChI=1S/C15H25NO5/c17-14(12-7-8-13(21-12)15(18)19)16-9-10-20-11-5-3-1-2-4-6-11/h11-13H,1-10H2,(H,16,17)(H,18,19)/t12-,13+/m0/s1. The van der Waals surface area contributed by atoms with Crippen molar-refractivity contribution < 1.29 is 24.2 Å². The summed E-state index contributed by atoms with van der Waals surface area (Å²) in [7, 11) is 0. The van der Waals surface area contributed by atoms with Crippen molar-refractivity contribution in [2.75, 3.05) is 13.2 Å². The molecule has 1 aliphatic carbocycles. The summed E-state index contributed by atoms with van der Waals surface area (Å²) >= 11 is 0. The topological polar surface area (TPSA) is 84.9 Å². The average molecular weight is 299 g/mol. The molecule has 2 fully saturated rings. The molecule has 2 atom stereocenters. The van der Waals surface area contributed by atoms with Crippen LogP contribution in [0.15, 0.2) is 0 Å². The molecule has 1 amide bonds. The van der Waals surface area contributed by atoms with E-state index in [0.29, 0.717) is 32.1 Å². The van der Waals surface area contributed by atoms with Gasteiger partial charge in [0.05, 0.1) is 12.7 Å². The fourth-order valence-corrected chi connectivity index (χ4v) is 2.93. The van der Waals surface area contributed by atoms with Crippen LogP contribution in [0.4, 0.5) is 0 Å². The summed E-state index contributed by atoms with van der Waals surface area (Å²) in [6.07, 6.45) is 6.96. The van der Waals surface area contributed by atoms with Crippen molar-refractivity contribution >= 4 is 11.9 Å². The van der Waals surface area contributed by atoms with Crippen LogP contribution in [0.2, 0.25) is 0 Å². The fourth-order valence-electron chi connectivity index (χ4n) is 2.93. The van der Waals surface area contributed by atoms with Crippen molar-refractivity contribution in [3.8, 4) is 0 Å². The minimum Gasteiger partial charge on any atom is -0.479 e. The molecule has 6 heteroatoms. The third kappa shape index (κ3) is 5.28. The molecule has 0 aromatic rings. The Bertz CT molecular complexity index is 352. The van der Waals surface area contributed by atoms with Crippen LogP contribution in [-0.2, 0) is 19.1 Å². The summed E-state index contributed by atoms with van der Waals surface area (Å²) < 4.78 is 11.0. The summed E-state index contributed by atoms with van der Waals surface area (Å²) in [4.78, 5) is 22.6. The zero-order valence-electron chi connectivity index (χ0n) is 12.4. The lowest BCUT2D eigenvalue weighted by Gasteiger charge is -2.16. The molecule has 1 saturated heterocycles. The van der Waals surface area contributed by atoms with Gasteiger partial charge in [0, 0.05) is 6.54 Å². The molecule has 21 heavy (non-hydrogen) atoms. The van der Waals surface area contributed by atoms with E-state index in [4.69, 9.17) is 14.6 Å². The molecule has 0 unspecified atom stereocenters. The highest BCUT2D eigenvalue weighted by Crippen LogP contribution is 2.20. The highest BCUT2D eigenvalue weighted by molar-refractivity contribution is 5.82. The smallest absolute Gasteiger partial charge is 0.332 e. The number of aliphatic carboxylic acids is 1. The Morgan fingerprint density at radius 1 is 1.05 bits per heavy atom. The fraction of sp³-hybridized carbons (Fsp3) is 0.867. The summed E-state index contributed by atoms with van der Waals surface area (Å²) in [5.41, 5.74) is 0. The van der Waals surface area contributed by atoms with Gasteiger partial charge in [-0.25, -0.2) is 4.79 Å². The van der Waals surface area contributed by atoms with Crippen molar-refractivity contribution in [1.29, 1.82) is 0 Å². The van der Waals surface area contributed by atoms with Crippen LogP contribution in [0.25, 0.3) is 0 Å². The number of carboxylic acids is 1. The van der Waals surface area contributed by atoms with Crippen molar-refractivity contribution in [2.24, 2.45) is 0 Å². The molecule has 2 aliphatic rings. The zero-order valence-corrected chi connectivity index (χ0v) is 12.4. The first-order valence-corrected chi connectivity index (χ1v) is 7.94. The summed E-state index contributed by atoms with van der Waals surface area (Å²) in [5.74, 6) is -1.23. The quantitative estimate of drug-likeness (QED) is 0.573. The third-order valence-electron chi connectivity index (χ3n) is 4.14. The molecule has 2 rings (SSSR count). The SMILES string of the molecule is O=C(NCCOC1CCCCCC1)[C@@H]1CC[C@H](C(=O)O)O1. The summed E-state index contributed by atoms with van der Waals surface area (Å²) in [6.45, 7) is 0.957. The van der Waals surface area contributed by atoms with Gasteiger partial charge >= 0.3 is 5.97 Å². The molecule has 0 bridgehead atoms. The molecule has 6 nitrogen and oxygen atoms in total. The number of hydrogen-bond acceptors (Lipinski definition) is 4. The van der Waals surface area contributed by atoms with E-state index in [9.17, 15) is 9.59 Å². The van der Waals surface area contributed by atoms with Gasteiger partial charge < -0.3 is 19.9 Å². The van der Waals surface area contributed by atoms with Gasteiger partial charge in [0.15, 0.2) is 6.10 Å². The van der Waals surface area contributed by atoms with Crippen LogP contribution in [0, 0.1) is 0 Å². The van der Waals surface area contributed by atoms with Crippen LogP contribution >= 0.6 is 0 Å². The maximum Gasteiger partial charge on any atom is 0.332 e. The number of amides is 1. The van der Waals surface area contributed by atoms with Crippen molar-refractivity contribution in [2.45, 2.75) is 69.7 Å². The van der Waals surface area contributed by atoms with Gasteiger partial charge in [-0.1, -0.05) is 25.7 Å². The number of carbonyl (C=O) groups is 2. The molecule has 0 aromatic heterocycles. The first kappa shape index (κ1) is 16.2. The lowest BCUT2D eigenvalue weighted by atomic mass is 10.1. The Hall–Kier alpha value is -1.14. The average Bonchev–Trinajstić information content (AvgIpc) is 2.82. The lowest BCUT2D eigenvalue weighted by Crippen LogP contribution is -2.37. The number of ether oxygens (including phenoxy) is 2. The van der Waals surface area contributed by atoms with Crippen LogP contribution in [0.1, 0.15) is 51.4 Å². The molecule has 2 N–H and O–H groups in total. The second-order valence-corrected chi connectivity index (χ2v) is 5.80. The van der Waals surface area contributed by atoms with Crippen molar-refractivity contribution in [3.05, 3.63) is 0 Å². The van der Waals surface area contributed by atoms with Crippen LogP contribution in [-0.4, -0.2) is 48.4 Å². The zero-order chi connectivity index (χ0) is 15.1. The number of nitrogens with one attached hydrogen (secondary N) is 1. The highest BCUT2D eigenvalue weighted by Gasteiger charge is 2.34. The summed E-state index contributed by atoms with van der Waals surface area (Å²) in [6, 6.07) is 0. The molecule has 1 aliphatic heterocycles. The monoisotopic (exact) mass is 299 g/mol. The molecule has 1 heterocycles. The number of hydrogen-bond donors (Lipinski definition) is 2. The Labute approximate surface area is 125 Å². The molecule has 1 saturated carbocycles. The van der Waals surface area contributed by atoms with E-state index in [0.717, 1.165) is 12.8 Å². The summed E-state index contributed by atoms with van der Waals surface area (Å²) in [5, 5.41) is 11.6. The van der Waals surface area contributed by atoms with Gasteiger partial charge in [0.1, 0.15) is 6.10 Å². The minimum absolute atomic E-state index is 0.233. The maximum atomic E-state index is 11.8. The van der Waals surface area contributed by atoms with Gasteiger partial charge in [-0.15, -0.1) is 0 Å². The lowest BCUT2D eigenvalue weighted by molar-refractivity contribution is -0.151. The number of carboxylic acid groups (broad SMARTS) is 1. The Morgan fingerprint density at radius 2 is 1.71 bits per heavy atom. The van der Waals surface area contributed by atoms with Gasteiger partial charge in [0.25, 0.3) is 0 Å². The van der Waals surface area contributed by atoms with E-state index in [1.165, 1.54) is 25.7 Å². The largest absolute Gasteiger partial charge is 0.479 e. The Morgan fingerprint density at radius 3 is 2.33 bits per heavy atom. The second kappa shape index (κ2) is 8.34. The Balaban J connectivity index is 1.58. The van der Waals surface area contributed by atoms with E-state index < -0.39 is 18.2 Å². The minimum atomic E-state index is -0.998. The van der Waals surface area contributed by atoms with Crippen LogP contribution in [0.5, 0.6) is 0 Å². The van der Waals surface area contributed by atoms with Crippen LogP contribution in [0.3, 0.4) is 0 Å². The van der Waals surface area contributed by atoms with Crippen molar-refractivity contribution in [1.82, 2.24) is 5.32 Å². The van der Waals surface area contributed by atoms with E-state index in [2.05, 4.69) is 5.32 Å². The van der Waals surface area contributed by atoms with E-state index >= 15 is 0 Å². The molecule has 0 radical (unpaired) electrons. The third-order valence-corrected chi connectivity index (χ3v) is 4.14. The molecule has 120 valence electrons. The van der Waals surface area contributed by atoms with Gasteiger partial charge in [-0.2, -0.15) is 0 Å². The second-order valence-electron chi connectivity index (χ2n) is 5.80. The van der Waals surface area contributed by atoms with E-state index in [1.54, 1.807) is 0 Å². The maximum absolute atomic E-state index is 11.8. The molecular formula is C15H25NO5. The van der Waals surface area contributed by atoms with Gasteiger partial charge in [0.2, 0.25) is 5.91 Å².